The first-order valence-electron chi connectivity index (χ1n) is 10.9. The number of piperazine rings is 1. The first kappa shape index (κ1) is 19.7. The number of anilines is 2. The number of nitrogens with zero attached hydrogens (tertiary/aromatic N) is 4. The van der Waals surface area contributed by atoms with Gasteiger partial charge in [0.2, 0.25) is 0 Å². The van der Waals surface area contributed by atoms with Crippen molar-refractivity contribution in [3.63, 3.8) is 0 Å². The number of hydrogen-bond donors (Lipinski definition) is 1. The van der Waals surface area contributed by atoms with E-state index in [2.05, 4.69) is 51.4 Å². The van der Waals surface area contributed by atoms with Crippen LogP contribution in [0.4, 0.5) is 11.5 Å². The lowest BCUT2D eigenvalue weighted by atomic mass is 10.1. The van der Waals surface area contributed by atoms with E-state index in [-0.39, 0.29) is 5.91 Å². The van der Waals surface area contributed by atoms with Gasteiger partial charge in [0.1, 0.15) is 11.5 Å². The summed E-state index contributed by atoms with van der Waals surface area (Å²) in [4.78, 5) is 25.9. The zero-order valence-electron chi connectivity index (χ0n) is 17.3. The van der Waals surface area contributed by atoms with Crippen molar-refractivity contribution in [3.05, 3.63) is 47.9 Å². The molecule has 0 atom stereocenters. The second-order valence-corrected chi connectivity index (χ2v) is 8.24. The summed E-state index contributed by atoms with van der Waals surface area (Å²) in [5, 5.41) is 3.49. The third-order valence-corrected chi connectivity index (χ3v) is 6.01. The van der Waals surface area contributed by atoms with E-state index < -0.39 is 0 Å². The molecule has 4 rings (SSSR count). The van der Waals surface area contributed by atoms with Crippen LogP contribution in [0, 0.1) is 6.92 Å². The predicted octanol–water partition coefficient (Wildman–Crippen LogP) is 3.88. The van der Waals surface area contributed by atoms with E-state index >= 15 is 0 Å². The van der Waals surface area contributed by atoms with E-state index in [1.54, 1.807) is 12.4 Å². The molecule has 154 valence electrons. The van der Waals surface area contributed by atoms with Crippen LogP contribution in [0.15, 0.2) is 36.7 Å². The predicted molar refractivity (Wildman–Crippen MR) is 116 cm³/mol. The largest absolute Gasteiger partial charge is 0.368 e. The maximum atomic E-state index is 12.8. The molecule has 29 heavy (non-hydrogen) atoms. The van der Waals surface area contributed by atoms with Crippen molar-refractivity contribution in [1.29, 1.82) is 0 Å². The Morgan fingerprint density at radius 1 is 1.00 bits per heavy atom. The fourth-order valence-corrected chi connectivity index (χ4v) is 4.30. The SMILES string of the molecule is Cc1cccc(N2CCN(C(=O)c3cnc(NC4CCCCCC4)cn3)CC2)c1. The number of aromatic nitrogens is 2. The van der Waals surface area contributed by atoms with Crippen molar-refractivity contribution in [2.75, 3.05) is 36.4 Å². The molecule has 1 aromatic heterocycles. The highest BCUT2D eigenvalue weighted by Crippen LogP contribution is 2.21. The lowest BCUT2D eigenvalue weighted by Gasteiger charge is -2.36. The normalized spacial score (nSPS) is 18.4. The number of nitrogens with one attached hydrogen (secondary N) is 1. The second-order valence-electron chi connectivity index (χ2n) is 8.24. The molecule has 1 saturated carbocycles. The Balaban J connectivity index is 1.31. The number of carbonyl (C=O) groups is 1. The van der Waals surface area contributed by atoms with Gasteiger partial charge in [-0.2, -0.15) is 0 Å². The third-order valence-electron chi connectivity index (χ3n) is 6.01. The van der Waals surface area contributed by atoms with Crippen LogP contribution in [0.3, 0.4) is 0 Å². The van der Waals surface area contributed by atoms with Crippen LogP contribution in [0.1, 0.15) is 54.6 Å². The van der Waals surface area contributed by atoms with Gasteiger partial charge in [-0.15, -0.1) is 0 Å². The van der Waals surface area contributed by atoms with E-state index in [4.69, 9.17) is 0 Å². The summed E-state index contributed by atoms with van der Waals surface area (Å²) in [7, 11) is 0. The zero-order valence-corrected chi connectivity index (χ0v) is 17.3. The molecule has 0 bridgehead atoms. The van der Waals surface area contributed by atoms with Gasteiger partial charge < -0.3 is 15.1 Å². The van der Waals surface area contributed by atoms with Gasteiger partial charge in [-0.05, 0) is 37.5 Å². The van der Waals surface area contributed by atoms with Crippen LogP contribution in [-0.2, 0) is 0 Å². The summed E-state index contributed by atoms with van der Waals surface area (Å²) in [6.07, 6.45) is 10.9. The first-order valence-corrected chi connectivity index (χ1v) is 10.9. The van der Waals surface area contributed by atoms with E-state index in [1.807, 2.05) is 4.90 Å². The highest BCUT2D eigenvalue weighted by Gasteiger charge is 2.23. The van der Waals surface area contributed by atoms with Gasteiger partial charge in [0.25, 0.3) is 5.91 Å². The zero-order chi connectivity index (χ0) is 20.1. The van der Waals surface area contributed by atoms with Crippen LogP contribution < -0.4 is 10.2 Å². The minimum Gasteiger partial charge on any atom is -0.368 e. The van der Waals surface area contributed by atoms with Gasteiger partial charge in [-0.25, -0.2) is 9.97 Å². The summed E-state index contributed by atoms with van der Waals surface area (Å²) in [6.45, 7) is 5.19. The Morgan fingerprint density at radius 2 is 1.76 bits per heavy atom. The molecule has 1 aromatic carbocycles. The van der Waals surface area contributed by atoms with Crippen molar-refractivity contribution in [3.8, 4) is 0 Å². The van der Waals surface area contributed by atoms with E-state index in [0.29, 0.717) is 24.8 Å². The van der Waals surface area contributed by atoms with E-state index in [1.165, 1.54) is 49.8 Å². The summed E-state index contributed by atoms with van der Waals surface area (Å²) in [5.41, 5.74) is 2.92. The number of amides is 1. The third kappa shape index (κ3) is 5.05. The summed E-state index contributed by atoms with van der Waals surface area (Å²) >= 11 is 0. The molecule has 2 aromatic rings. The van der Waals surface area contributed by atoms with E-state index in [0.717, 1.165) is 18.9 Å². The average molecular weight is 394 g/mol. The van der Waals surface area contributed by atoms with Crippen LogP contribution >= 0.6 is 0 Å². The molecule has 2 fully saturated rings. The smallest absolute Gasteiger partial charge is 0.274 e. The summed E-state index contributed by atoms with van der Waals surface area (Å²) in [5.74, 6) is 0.750. The molecule has 1 aliphatic carbocycles. The Morgan fingerprint density at radius 3 is 2.41 bits per heavy atom. The number of aryl methyl sites for hydroxylation is 1. The molecule has 0 spiro atoms. The van der Waals surface area contributed by atoms with Gasteiger partial charge in [0.05, 0.1) is 12.4 Å². The standard InChI is InChI=1S/C23H31N5O/c1-18-7-6-10-20(15-18)27-11-13-28(14-12-27)23(29)21-16-25-22(17-24-21)26-19-8-4-2-3-5-9-19/h6-7,10,15-17,19H,2-5,8-9,11-14H2,1H3,(H,25,26). The molecular weight excluding hydrogens is 362 g/mol. The number of hydrogen-bond acceptors (Lipinski definition) is 5. The van der Waals surface area contributed by atoms with Crippen molar-refractivity contribution in [2.45, 2.75) is 51.5 Å². The maximum Gasteiger partial charge on any atom is 0.274 e. The molecular formula is C23H31N5O. The molecule has 1 amide bonds. The minimum atomic E-state index is -0.0255. The lowest BCUT2D eigenvalue weighted by Crippen LogP contribution is -2.49. The molecule has 6 heteroatoms. The van der Waals surface area contributed by atoms with Crippen LogP contribution in [0.5, 0.6) is 0 Å². The van der Waals surface area contributed by atoms with Crippen molar-refractivity contribution in [2.24, 2.45) is 0 Å². The van der Waals surface area contributed by atoms with Crippen molar-refractivity contribution >= 4 is 17.4 Å². The fourth-order valence-electron chi connectivity index (χ4n) is 4.30. The highest BCUT2D eigenvalue weighted by molar-refractivity contribution is 5.92. The molecule has 1 N–H and O–H groups in total. The number of rotatable bonds is 4. The van der Waals surface area contributed by atoms with E-state index in [9.17, 15) is 4.79 Å². The van der Waals surface area contributed by atoms with Crippen molar-refractivity contribution in [1.82, 2.24) is 14.9 Å². The molecule has 1 aliphatic heterocycles. The quantitative estimate of drug-likeness (QED) is 0.799. The van der Waals surface area contributed by atoms with Crippen LogP contribution in [0.2, 0.25) is 0 Å². The monoisotopic (exact) mass is 393 g/mol. The fraction of sp³-hybridized carbons (Fsp3) is 0.522. The van der Waals surface area contributed by atoms with Gasteiger partial charge in [-0.3, -0.25) is 4.79 Å². The molecule has 1 saturated heterocycles. The van der Waals surface area contributed by atoms with Crippen molar-refractivity contribution < 1.29 is 4.79 Å². The molecule has 2 heterocycles. The Labute approximate surface area is 173 Å². The average Bonchev–Trinajstić information content (AvgIpc) is 3.03. The molecule has 2 aliphatic rings. The minimum absolute atomic E-state index is 0.0255. The second kappa shape index (κ2) is 9.25. The van der Waals surface area contributed by atoms with Crippen LogP contribution in [0.25, 0.3) is 0 Å². The Hall–Kier alpha value is -2.63. The Kier molecular flexibility index (Phi) is 6.27. The maximum absolute atomic E-state index is 12.8. The molecule has 6 nitrogen and oxygen atoms in total. The number of carbonyl (C=O) groups excluding carboxylic acids is 1. The summed E-state index contributed by atoms with van der Waals surface area (Å²) in [6, 6.07) is 9.00. The van der Waals surface area contributed by atoms with Gasteiger partial charge in [0.15, 0.2) is 0 Å². The van der Waals surface area contributed by atoms with Gasteiger partial charge in [-0.1, -0.05) is 37.8 Å². The lowest BCUT2D eigenvalue weighted by molar-refractivity contribution is 0.0740. The molecule has 0 radical (unpaired) electrons. The first-order chi connectivity index (χ1) is 14.2. The van der Waals surface area contributed by atoms with Gasteiger partial charge in [0, 0.05) is 37.9 Å². The topological polar surface area (TPSA) is 61.4 Å². The summed E-state index contributed by atoms with van der Waals surface area (Å²) < 4.78 is 0. The van der Waals surface area contributed by atoms with Crippen LogP contribution in [-0.4, -0.2) is 53.0 Å². The highest BCUT2D eigenvalue weighted by atomic mass is 16.2. The molecule has 0 unspecified atom stereocenters. The Bertz CT molecular complexity index is 806. The van der Waals surface area contributed by atoms with Gasteiger partial charge >= 0.3 is 0 Å². The number of benzene rings is 1.